The first-order valence-corrected chi connectivity index (χ1v) is 10.5. The van der Waals surface area contributed by atoms with Crippen LogP contribution in [0.5, 0.6) is 5.75 Å². The van der Waals surface area contributed by atoms with E-state index in [4.69, 9.17) is 4.74 Å². The van der Waals surface area contributed by atoms with Gasteiger partial charge < -0.3 is 9.64 Å². The Morgan fingerprint density at radius 2 is 1.93 bits per heavy atom. The maximum absolute atomic E-state index is 13.0. The first-order chi connectivity index (χ1) is 13.0. The second-order valence-corrected chi connectivity index (χ2v) is 8.19. The minimum absolute atomic E-state index is 0.0217. The quantitative estimate of drug-likeness (QED) is 0.790. The maximum atomic E-state index is 13.0. The fourth-order valence-corrected chi connectivity index (χ4v) is 4.61. The maximum Gasteiger partial charge on any atom is 0.241 e. The van der Waals surface area contributed by atoms with Crippen LogP contribution in [0, 0.1) is 0 Å². The molecule has 0 bridgehead atoms. The predicted octanol–water partition coefficient (Wildman–Crippen LogP) is 3.25. The lowest BCUT2D eigenvalue weighted by Crippen LogP contribution is -2.29. The molecule has 0 radical (unpaired) electrons. The molecule has 1 heterocycles. The number of ether oxygens (including phenoxy) is 1. The Kier molecular flexibility index (Phi) is 5.82. The Bertz CT molecular complexity index is 913. The number of nitrogens with zero attached hydrogens (tertiary/aromatic N) is 1. The lowest BCUT2D eigenvalue weighted by molar-refractivity contribution is -0.117. The molecule has 1 amide bonds. The van der Waals surface area contributed by atoms with Gasteiger partial charge in [0.25, 0.3) is 0 Å². The molecule has 2 aromatic carbocycles. The number of carbonyl (C=O) groups excluding carboxylic acids is 1. The van der Waals surface area contributed by atoms with Gasteiger partial charge in [-0.3, -0.25) is 4.79 Å². The summed E-state index contributed by atoms with van der Waals surface area (Å²) in [7, 11) is -2.25. The van der Waals surface area contributed by atoms with Crippen LogP contribution in [0.3, 0.4) is 0 Å². The second kappa shape index (κ2) is 8.10. The van der Waals surface area contributed by atoms with Gasteiger partial charge >= 0.3 is 0 Å². The van der Waals surface area contributed by atoms with Crippen molar-refractivity contribution in [2.24, 2.45) is 0 Å². The summed E-state index contributed by atoms with van der Waals surface area (Å²) in [4.78, 5) is 13.8. The molecule has 1 fully saturated rings. The van der Waals surface area contributed by atoms with Crippen LogP contribution in [-0.4, -0.2) is 28.0 Å². The van der Waals surface area contributed by atoms with Crippen molar-refractivity contribution in [3.8, 4) is 5.75 Å². The number of hydrogen-bond acceptors (Lipinski definition) is 4. The van der Waals surface area contributed by atoms with Gasteiger partial charge in [0.05, 0.1) is 17.7 Å². The van der Waals surface area contributed by atoms with Gasteiger partial charge in [-0.15, -0.1) is 0 Å². The summed E-state index contributed by atoms with van der Waals surface area (Å²) in [5, 5.41) is 0. The summed E-state index contributed by atoms with van der Waals surface area (Å²) >= 11 is 0. The Morgan fingerprint density at radius 3 is 2.52 bits per heavy atom. The van der Waals surface area contributed by atoms with E-state index in [-0.39, 0.29) is 16.8 Å². The first-order valence-electron chi connectivity index (χ1n) is 9.02. The third kappa shape index (κ3) is 4.14. The van der Waals surface area contributed by atoms with Crippen LogP contribution >= 0.6 is 0 Å². The molecule has 0 spiro atoms. The lowest BCUT2D eigenvalue weighted by atomic mass is 10.1. The van der Waals surface area contributed by atoms with Gasteiger partial charge in [0.2, 0.25) is 15.9 Å². The number of carbonyl (C=O) groups is 1. The van der Waals surface area contributed by atoms with Gasteiger partial charge in [-0.2, -0.15) is 0 Å². The van der Waals surface area contributed by atoms with E-state index in [2.05, 4.69) is 4.72 Å². The van der Waals surface area contributed by atoms with Crippen molar-refractivity contribution in [3.63, 3.8) is 0 Å². The Morgan fingerprint density at radius 1 is 1.19 bits per heavy atom. The molecule has 0 aromatic heterocycles. The zero-order valence-electron chi connectivity index (χ0n) is 15.5. The SMILES string of the molecule is CCC(NS(=O)(=O)c1ccc(OC)c(N2CCCC2=O)c1)c1ccccc1. The van der Waals surface area contributed by atoms with Crippen LogP contribution in [0.1, 0.15) is 37.8 Å². The third-order valence-corrected chi connectivity index (χ3v) is 6.20. The number of sulfonamides is 1. The summed E-state index contributed by atoms with van der Waals surface area (Å²) in [6.45, 7) is 2.50. The zero-order valence-corrected chi connectivity index (χ0v) is 16.3. The molecule has 1 aliphatic heterocycles. The van der Waals surface area contributed by atoms with E-state index in [9.17, 15) is 13.2 Å². The van der Waals surface area contributed by atoms with Crippen LogP contribution in [-0.2, 0) is 14.8 Å². The molecular weight excluding hydrogens is 364 g/mol. The van der Waals surface area contributed by atoms with Gasteiger partial charge in [0, 0.05) is 19.0 Å². The summed E-state index contributed by atoms with van der Waals surface area (Å²) < 4.78 is 34.0. The van der Waals surface area contributed by atoms with Gasteiger partial charge in [0.1, 0.15) is 5.75 Å². The normalized spacial score (nSPS) is 15.8. The highest BCUT2D eigenvalue weighted by molar-refractivity contribution is 7.89. The number of amides is 1. The Balaban J connectivity index is 1.93. The first kappa shape index (κ1) is 19.4. The number of anilines is 1. The van der Waals surface area contributed by atoms with Crippen LogP contribution in [0.25, 0.3) is 0 Å². The summed E-state index contributed by atoms with van der Waals surface area (Å²) in [6.07, 6.45) is 1.84. The van der Waals surface area contributed by atoms with E-state index >= 15 is 0 Å². The van der Waals surface area contributed by atoms with Crippen LogP contribution < -0.4 is 14.4 Å². The second-order valence-electron chi connectivity index (χ2n) is 6.48. The van der Waals surface area contributed by atoms with Crippen molar-refractivity contribution in [2.75, 3.05) is 18.6 Å². The van der Waals surface area contributed by atoms with Crippen molar-refractivity contribution in [2.45, 2.75) is 37.1 Å². The molecule has 1 saturated heterocycles. The number of rotatable bonds is 7. The molecule has 1 atom stereocenters. The van der Waals surface area contributed by atoms with E-state index in [1.54, 1.807) is 11.0 Å². The molecular formula is C20H24N2O4S. The Hall–Kier alpha value is -2.38. The molecule has 6 nitrogen and oxygen atoms in total. The molecule has 0 aliphatic carbocycles. The molecule has 0 saturated carbocycles. The summed E-state index contributed by atoms with van der Waals surface area (Å²) in [5.41, 5.74) is 1.41. The van der Waals surface area contributed by atoms with Crippen LogP contribution in [0.2, 0.25) is 0 Å². The van der Waals surface area contributed by atoms with Gasteiger partial charge in [-0.05, 0) is 36.6 Å². The van der Waals surface area contributed by atoms with E-state index in [1.807, 2.05) is 37.3 Å². The van der Waals surface area contributed by atoms with Crippen molar-refractivity contribution >= 4 is 21.6 Å². The van der Waals surface area contributed by atoms with E-state index in [0.29, 0.717) is 30.8 Å². The fourth-order valence-electron chi connectivity index (χ4n) is 3.28. The van der Waals surface area contributed by atoms with Crippen molar-refractivity contribution in [3.05, 3.63) is 54.1 Å². The number of hydrogen-bond donors (Lipinski definition) is 1. The van der Waals surface area contributed by atoms with E-state index in [1.165, 1.54) is 19.2 Å². The average Bonchev–Trinajstić information content (AvgIpc) is 3.12. The van der Waals surface area contributed by atoms with Crippen molar-refractivity contribution in [1.82, 2.24) is 4.72 Å². The van der Waals surface area contributed by atoms with Crippen LogP contribution in [0.4, 0.5) is 5.69 Å². The standard InChI is InChI=1S/C20H24N2O4S/c1-3-17(15-8-5-4-6-9-15)21-27(24,25)16-11-12-19(26-2)18(14-16)22-13-7-10-20(22)23/h4-6,8-9,11-12,14,17,21H,3,7,10,13H2,1-2H3. The minimum atomic E-state index is -3.76. The summed E-state index contributed by atoms with van der Waals surface area (Å²) in [6, 6.07) is 13.8. The third-order valence-electron chi connectivity index (χ3n) is 4.73. The number of methoxy groups -OCH3 is 1. The molecule has 1 aliphatic rings. The Labute approximate surface area is 160 Å². The molecule has 144 valence electrons. The molecule has 7 heteroatoms. The largest absolute Gasteiger partial charge is 0.495 e. The highest BCUT2D eigenvalue weighted by Crippen LogP contribution is 2.34. The number of nitrogens with one attached hydrogen (secondary N) is 1. The molecule has 3 rings (SSSR count). The van der Waals surface area contributed by atoms with Crippen molar-refractivity contribution in [1.29, 1.82) is 0 Å². The highest BCUT2D eigenvalue weighted by atomic mass is 32.2. The van der Waals surface area contributed by atoms with E-state index < -0.39 is 10.0 Å². The zero-order chi connectivity index (χ0) is 19.4. The topological polar surface area (TPSA) is 75.7 Å². The monoisotopic (exact) mass is 388 g/mol. The number of benzene rings is 2. The molecule has 1 N–H and O–H groups in total. The molecule has 27 heavy (non-hydrogen) atoms. The van der Waals surface area contributed by atoms with Gasteiger partial charge in [0.15, 0.2) is 0 Å². The predicted molar refractivity (Wildman–Crippen MR) is 104 cm³/mol. The van der Waals surface area contributed by atoms with Crippen molar-refractivity contribution < 1.29 is 17.9 Å². The van der Waals surface area contributed by atoms with Gasteiger partial charge in [-0.1, -0.05) is 37.3 Å². The lowest BCUT2D eigenvalue weighted by Gasteiger charge is -2.21. The highest BCUT2D eigenvalue weighted by Gasteiger charge is 2.27. The molecule has 2 aromatic rings. The van der Waals surface area contributed by atoms with Crippen LogP contribution in [0.15, 0.2) is 53.4 Å². The average molecular weight is 388 g/mol. The molecule has 1 unspecified atom stereocenters. The smallest absolute Gasteiger partial charge is 0.241 e. The van der Waals surface area contributed by atoms with E-state index in [0.717, 1.165) is 12.0 Å². The fraction of sp³-hybridized carbons (Fsp3) is 0.350. The minimum Gasteiger partial charge on any atom is -0.495 e. The summed E-state index contributed by atoms with van der Waals surface area (Å²) in [5.74, 6) is 0.464. The van der Waals surface area contributed by atoms with Gasteiger partial charge in [-0.25, -0.2) is 13.1 Å².